The van der Waals surface area contributed by atoms with Gasteiger partial charge in [-0.3, -0.25) is 9.48 Å². The summed E-state index contributed by atoms with van der Waals surface area (Å²) in [5.74, 6) is -0.259. The van der Waals surface area contributed by atoms with E-state index in [1.54, 1.807) is 17.9 Å². The van der Waals surface area contributed by atoms with Crippen molar-refractivity contribution in [3.63, 3.8) is 0 Å². The molecule has 3 aromatic rings. The number of aryl methyl sites for hydroxylation is 3. The summed E-state index contributed by atoms with van der Waals surface area (Å²) in [4.78, 5) is 17.5. The first-order valence-corrected chi connectivity index (χ1v) is 8.48. The number of hydrogen-bond acceptors (Lipinski definition) is 3. The zero-order chi connectivity index (χ0) is 15.9. The number of nitrogens with zero attached hydrogens (tertiary/aromatic N) is 4. The lowest BCUT2D eigenvalue weighted by molar-refractivity contribution is 0.0988. The average molecular weight is 379 g/mol. The van der Waals surface area contributed by atoms with Crippen molar-refractivity contribution in [1.82, 2.24) is 14.3 Å². The van der Waals surface area contributed by atoms with Crippen LogP contribution >= 0.6 is 27.3 Å². The second kappa shape index (κ2) is 5.81. The number of amides is 1. The van der Waals surface area contributed by atoms with Crippen LogP contribution in [0.15, 0.2) is 33.9 Å². The fraction of sp³-hybridized carbons (Fsp3) is 0.267. The Morgan fingerprint density at radius 2 is 2.23 bits per heavy atom. The van der Waals surface area contributed by atoms with Gasteiger partial charge in [0.05, 0.1) is 16.4 Å². The highest BCUT2D eigenvalue weighted by atomic mass is 79.9. The molecule has 114 valence electrons. The Morgan fingerprint density at radius 1 is 1.45 bits per heavy atom. The summed E-state index contributed by atoms with van der Waals surface area (Å²) in [6.45, 7) is 4.68. The fourth-order valence-electron chi connectivity index (χ4n) is 2.43. The van der Waals surface area contributed by atoms with Gasteiger partial charge >= 0.3 is 0 Å². The Kier molecular flexibility index (Phi) is 4.01. The van der Waals surface area contributed by atoms with Crippen molar-refractivity contribution in [2.45, 2.75) is 20.4 Å². The molecule has 2 heterocycles. The van der Waals surface area contributed by atoms with Gasteiger partial charge in [0, 0.05) is 23.6 Å². The molecule has 22 heavy (non-hydrogen) atoms. The van der Waals surface area contributed by atoms with Crippen LogP contribution in [0, 0.1) is 6.92 Å². The van der Waals surface area contributed by atoms with E-state index in [2.05, 4.69) is 30.6 Å². The van der Waals surface area contributed by atoms with Gasteiger partial charge in [0.25, 0.3) is 5.91 Å². The van der Waals surface area contributed by atoms with Crippen molar-refractivity contribution in [3.05, 3.63) is 44.9 Å². The number of rotatable bonds is 2. The van der Waals surface area contributed by atoms with Crippen molar-refractivity contribution >= 4 is 43.4 Å². The first-order valence-electron chi connectivity index (χ1n) is 6.87. The first kappa shape index (κ1) is 15.2. The highest BCUT2D eigenvalue weighted by Crippen LogP contribution is 2.22. The van der Waals surface area contributed by atoms with E-state index in [9.17, 15) is 4.79 Å². The molecule has 0 unspecified atom stereocenters. The number of aromatic nitrogens is 3. The van der Waals surface area contributed by atoms with Crippen LogP contribution in [0.25, 0.3) is 10.2 Å². The second-order valence-corrected chi connectivity index (χ2v) is 6.88. The van der Waals surface area contributed by atoms with Gasteiger partial charge in [-0.1, -0.05) is 27.3 Å². The molecular formula is C15H15BrN4OS. The molecule has 1 amide bonds. The quantitative estimate of drug-likeness (QED) is 0.686. The summed E-state index contributed by atoms with van der Waals surface area (Å²) in [6.07, 6.45) is 1.68. The maximum Gasteiger partial charge on any atom is 0.298 e. The number of benzene rings is 1. The predicted octanol–water partition coefficient (Wildman–Crippen LogP) is 3.27. The molecular weight excluding hydrogens is 364 g/mol. The Morgan fingerprint density at radius 3 is 2.86 bits per heavy atom. The molecule has 0 saturated carbocycles. The third kappa shape index (κ3) is 2.55. The molecule has 2 aromatic heterocycles. The van der Waals surface area contributed by atoms with Crippen LogP contribution in [0.5, 0.6) is 0 Å². The van der Waals surface area contributed by atoms with E-state index in [0.29, 0.717) is 10.5 Å². The minimum atomic E-state index is -0.259. The molecule has 0 N–H and O–H groups in total. The van der Waals surface area contributed by atoms with Crippen LogP contribution < -0.4 is 4.80 Å². The molecule has 0 fully saturated rings. The van der Waals surface area contributed by atoms with Gasteiger partial charge in [0.15, 0.2) is 4.80 Å². The molecule has 0 saturated heterocycles. The largest absolute Gasteiger partial charge is 0.317 e. The van der Waals surface area contributed by atoms with Gasteiger partial charge in [0.1, 0.15) is 5.69 Å². The number of thiazole rings is 1. The molecule has 3 rings (SSSR count). The monoisotopic (exact) mass is 378 g/mol. The molecule has 7 heteroatoms. The van der Waals surface area contributed by atoms with Gasteiger partial charge in [-0.15, -0.1) is 0 Å². The van der Waals surface area contributed by atoms with E-state index < -0.39 is 0 Å². The Hall–Kier alpha value is -1.73. The highest BCUT2D eigenvalue weighted by molar-refractivity contribution is 9.10. The highest BCUT2D eigenvalue weighted by Gasteiger charge is 2.14. The lowest BCUT2D eigenvalue weighted by atomic mass is 10.3. The van der Waals surface area contributed by atoms with Crippen LogP contribution in [0.3, 0.4) is 0 Å². The molecule has 0 radical (unpaired) electrons. The Labute approximate surface area is 140 Å². The fourth-order valence-corrected chi connectivity index (χ4v) is 4.08. The third-order valence-electron chi connectivity index (χ3n) is 3.48. The summed E-state index contributed by atoms with van der Waals surface area (Å²) in [7, 11) is 1.76. The lowest BCUT2D eigenvalue weighted by Crippen LogP contribution is -2.17. The number of carbonyl (C=O) groups is 1. The summed E-state index contributed by atoms with van der Waals surface area (Å²) in [5.41, 5.74) is 2.45. The van der Waals surface area contributed by atoms with Crippen molar-refractivity contribution in [2.24, 2.45) is 12.0 Å². The lowest BCUT2D eigenvalue weighted by Gasteiger charge is -2.01. The average Bonchev–Trinajstić information content (AvgIpc) is 2.97. The van der Waals surface area contributed by atoms with E-state index in [0.717, 1.165) is 26.8 Å². The Bertz CT molecular complexity index is 915. The molecule has 0 atom stereocenters. The van der Waals surface area contributed by atoms with Crippen molar-refractivity contribution in [3.8, 4) is 0 Å². The molecule has 1 aromatic carbocycles. The normalized spacial score (nSPS) is 12.3. The van der Waals surface area contributed by atoms with Crippen LogP contribution in [-0.2, 0) is 13.6 Å². The molecule has 0 aliphatic heterocycles. The predicted molar refractivity (Wildman–Crippen MR) is 91.0 cm³/mol. The SMILES string of the molecule is CCn1c(=NC(=O)c2c(C)cnn2C)sc2cc(Br)ccc21. The summed E-state index contributed by atoms with van der Waals surface area (Å²) >= 11 is 4.99. The summed E-state index contributed by atoms with van der Waals surface area (Å²) < 4.78 is 5.74. The number of halogens is 1. The van der Waals surface area contributed by atoms with E-state index in [1.807, 2.05) is 32.0 Å². The van der Waals surface area contributed by atoms with Gasteiger partial charge in [-0.05, 0) is 32.0 Å². The summed E-state index contributed by atoms with van der Waals surface area (Å²) in [6, 6.07) is 6.08. The summed E-state index contributed by atoms with van der Waals surface area (Å²) in [5, 5.41) is 4.10. The maximum atomic E-state index is 12.5. The minimum absolute atomic E-state index is 0.259. The zero-order valence-corrected chi connectivity index (χ0v) is 14.9. The van der Waals surface area contributed by atoms with Crippen molar-refractivity contribution in [2.75, 3.05) is 0 Å². The van der Waals surface area contributed by atoms with E-state index in [-0.39, 0.29) is 5.91 Å². The molecule has 0 aliphatic carbocycles. The minimum Gasteiger partial charge on any atom is -0.317 e. The third-order valence-corrected chi connectivity index (χ3v) is 5.02. The van der Waals surface area contributed by atoms with Crippen LogP contribution in [0.4, 0.5) is 0 Å². The van der Waals surface area contributed by atoms with Gasteiger partial charge in [0.2, 0.25) is 0 Å². The molecule has 0 spiro atoms. The first-order chi connectivity index (χ1) is 10.5. The standard InChI is InChI=1S/C15H15BrN4OS/c1-4-20-11-6-5-10(16)7-12(11)22-15(20)18-14(21)13-9(2)8-17-19(13)3/h5-8H,4H2,1-3H3. The molecule has 5 nitrogen and oxygen atoms in total. The van der Waals surface area contributed by atoms with Crippen LogP contribution in [-0.4, -0.2) is 20.3 Å². The number of fused-ring (bicyclic) bond motifs is 1. The second-order valence-electron chi connectivity index (χ2n) is 4.96. The van der Waals surface area contributed by atoms with E-state index in [4.69, 9.17) is 0 Å². The topological polar surface area (TPSA) is 52.2 Å². The van der Waals surface area contributed by atoms with E-state index in [1.165, 1.54) is 11.3 Å². The van der Waals surface area contributed by atoms with Crippen molar-refractivity contribution in [1.29, 1.82) is 0 Å². The molecule has 0 bridgehead atoms. The van der Waals surface area contributed by atoms with Crippen LogP contribution in [0.1, 0.15) is 23.0 Å². The Balaban J connectivity index is 2.19. The van der Waals surface area contributed by atoms with Crippen molar-refractivity contribution < 1.29 is 4.79 Å². The number of hydrogen-bond donors (Lipinski definition) is 0. The maximum absolute atomic E-state index is 12.5. The van der Waals surface area contributed by atoms with Gasteiger partial charge in [-0.25, -0.2) is 0 Å². The van der Waals surface area contributed by atoms with Gasteiger partial charge in [-0.2, -0.15) is 10.1 Å². The zero-order valence-electron chi connectivity index (χ0n) is 12.5. The smallest absolute Gasteiger partial charge is 0.298 e. The van der Waals surface area contributed by atoms with E-state index >= 15 is 0 Å². The molecule has 0 aliphatic rings. The number of carbonyl (C=O) groups excluding carboxylic acids is 1. The van der Waals surface area contributed by atoms with Gasteiger partial charge < -0.3 is 4.57 Å². The van der Waals surface area contributed by atoms with Crippen LogP contribution in [0.2, 0.25) is 0 Å².